The van der Waals surface area contributed by atoms with Crippen LogP contribution in [0.1, 0.15) is 11.1 Å². The van der Waals surface area contributed by atoms with Gasteiger partial charge in [-0.1, -0.05) is 35.3 Å². The average Bonchev–Trinajstić information content (AvgIpc) is 2.44. The number of benzene rings is 1. The molecule has 1 aromatic carbocycles. The molecule has 0 spiro atoms. The maximum atomic E-state index is 9.26. The number of nitrogens with two attached hydrogens (primary N) is 1. The van der Waals surface area contributed by atoms with E-state index in [0.29, 0.717) is 32.4 Å². The minimum Gasteiger partial charge on any atom is -0.397 e. The minimum atomic E-state index is 0.342. The summed E-state index contributed by atoms with van der Waals surface area (Å²) in [6, 6.07) is 10.6. The van der Waals surface area contributed by atoms with Gasteiger partial charge in [-0.3, -0.25) is 4.98 Å². The van der Waals surface area contributed by atoms with Crippen molar-refractivity contribution in [1.29, 1.82) is 5.26 Å². The van der Waals surface area contributed by atoms with E-state index in [1.54, 1.807) is 42.7 Å². The van der Waals surface area contributed by atoms with Crippen molar-refractivity contribution in [2.45, 2.75) is 0 Å². The van der Waals surface area contributed by atoms with Crippen molar-refractivity contribution in [2.24, 2.45) is 5.73 Å². The number of aromatic nitrogens is 1. The van der Waals surface area contributed by atoms with Crippen LogP contribution in [0.4, 0.5) is 0 Å². The van der Waals surface area contributed by atoms with E-state index in [9.17, 15) is 5.26 Å². The molecule has 3 nitrogen and oxygen atoms in total. The molecule has 0 saturated carbocycles. The van der Waals surface area contributed by atoms with Crippen molar-refractivity contribution in [1.82, 2.24) is 4.98 Å². The Balaban J connectivity index is 2.56. The van der Waals surface area contributed by atoms with Gasteiger partial charge in [0.1, 0.15) is 6.07 Å². The molecule has 2 aromatic rings. The first-order valence-electron chi connectivity index (χ1n) is 5.39. The monoisotopic (exact) mass is 289 g/mol. The van der Waals surface area contributed by atoms with Gasteiger partial charge in [0.25, 0.3) is 0 Å². The van der Waals surface area contributed by atoms with Gasteiger partial charge in [-0.15, -0.1) is 0 Å². The van der Waals surface area contributed by atoms with Gasteiger partial charge in [0.2, 0.25) is 0 Å². The molecule has 0 fully saturated rings. The lowest BCUT2D eigenvalue weighted by Gasteiger charge is -2.07. The summed E-state index contributed by atoms with van der Waals surface area (Å²) in [6.07, 6.45) is 3.22. The van der Waals surface area contributed by atoms with E-state index in [2.05, 4.69) is 11.1 Å². The van der Waals surface area contributed by atoms with Crippen molar-refractivity contribution in [3.8, 4) is 6.07 Å². The zero-order valence-corrected chi connectivity index (χ0v) is 11.3. The van der Waals surface area contributed by atoms with Gasteiger partial charge >= 0.3 is 0 Å². The summed E-state index contributed by atoms with van der Waals surface area (Å²) in [5, 5.41) is 10.1. The van der Waals surface area contributed by atoms with Gasteiger partial charge < -0.3 is 5.73 Å². The van der Waals surface area contributed by atoms with E-state index in [4.69, 9.17) is 28.9 Å². The summed E-state index contributed by atoms with van der Waals surface area (Å²) in [6.45, 7) is 0. The number of allylic oxidation sites excluding steroid dienone is 1. The normalized spacial score (nSPS) is 11.6. The molecule has 5 heteroatoms. The highest BCUT2D eigenvalue weighted by Crippen LogP contribution is 2.27. The molecule has 0 atom stereocenters. The summed E-state index contributed by atoms with van der Waals surface area (Å²) in [4.78, 5) is 3.97. The molecule has 1 aromatic heterocycles. The van der Waals surface area contributed by atoms with E-state index in [1.165, 1.54) is 0 Å². The van der Waals surface area contributed by atoms with Gasteiger partial charge in [-0.2, -0.15) is 5.26 Å². The molecular weight excluding hydrogens is 281 g/mol. The van der Waals surface area contributed by atoms with Crippen LogP contribution >= 0.6 is 23.2 Å². The standard InChI is InChI=1S/C14H9Cl2N3/c15-12-4-3-9(6-13(12)16)14(18)11(7-17)10-2-1-5-19-8-10/h1-6,8H,18H2/b14-11-. The molecule has 0 unspecified atom stereocenters. The molecule has 0 amide bonds. The lowest BCUT2D eigenvalue weighted by atomic mass is 10.0. The van der Waals surface area contributed by atoms with Crippen molar-refractivity contribution >= 4 is 34.5 Å². The molecule has 2 rings (SSSR count). The number of hydrogen-bond donors (Lipinski definition) is 1. The lowest BCUT2D eigenvalue weighted by Crippen LogP contribution is -2.01. The number of nitriles is 1. The number of halogens is 2. The number of nitrogens with zero attached hydrogens (tertiary/aromatic N) is 2. The van der Waals surface area contributed by atoms with Gasteiger partial charge in [0, 0.05) is 23.5 Å². The summed E-state index contributed by atoms with van der Waals surface area (Å²) in [5.41, 5.74) is 8.03. The first kappa shape index (κ1) is 13.4. The Morgan fingerprint density at radius 2 is 1.95 bits per heavy atom. The Bertz CT molecular complexity index is 673. The molecular formula is C14H9Cl2N3. The van der Waals surface area contributed by atoms with E-state index in [-0.39, 0.29) is 0 Å². The second kappa shape index (κ2) is 5.75. The number of hydrogen-bond acceptors (Lipinski definition) is 3. The van der Waals surface area contributed by atoms with E-state index >= 15 is 0 Å². The molecule has 0 aliphatic heterocycles. The predicted octanol–water partition coefficient (Wildman–Crippen LogP) is 3.74. The molecule has 0 aliphatic rings. The highest BCUT2D eigenvalue weighted by molar-refractivity contribution is 6.42. The molecule has 0 bridgehead atoms. The Kier molecular flexibility index (Phi) is 4.06. The van der Waals surface area contributed by atoms with Crippen LogP contribution in [0.2, 0.25) is 10.0 Å². The Morgan fingerprint density at radius 1 is 1.16 bits per heavy atom. The first-order chi connectivity index (χ1) is 9.13. The van der Waals surface area contributed by atoms with Crippen LogP contribution in [0.5, 0.6) is 0 Å². The van der Waals surface area contributed by atoms with Gasteiger partial charge in [-0.25, -0.2) is 0 Å². The zero-order valence-electron chi connectivity index (χ0n) is 9.77. The van der Waals surface area contributed by atoms with E-state index < -0.39 is 0 Å². The molecule has 1 heterocycles. The highest BCUT2D eigenvalue weighted by atomic mass is 35.5. The van der Waals surface area contributed by atoms with Crippen LogP contribution in [-0.2, 0) is 0 Å². The smallest absolute Gasteiger partial charge is 0.102 e. The third-order valence-electron chi connectivity index (χ3n) is 2.56. The van der Waals surface area contributed by atoms with Crippen LogP contribution in [0.3, 0.4) is 0 Å². The molecule has 0 saturated heterocycles. The largest absolute Gasteiger partial charge is 0.397 e. The fourth-order valence-electron chi connectivity index (χ4n) is 1.60. The minimum absolute atomic E-state index is 0.342. The van der Waals surface area contributed by atoms with Crippen LogP contribution < -0.4 is 5.73 Å². The Labute approximate surface area is 120 Å². The average molecular weight is 290 g/mol. The molecule has 2 N–H and O–H groups in total. The SMILES string of the molecule is N#C/C(=C(/N)c1ccc(Cl)c(Cl)c1)c1cccnc1. The second-order valence-corrected chi connectivity index (χ2v) is 4.59. The van der Waals surface area contributed by atoms with Crippen LogP contribution in [-0.4, -0.2) is 4.98 Å². The number of rotatable bonds is 2. The maximum Gasteiger partial charge on any atom is 0.102 e. The fraction of sp³-hybridized carbons (Fsp3) is 0. The third-order valence-corrected chi connectivity index (χ3v) is 3.30. The Hall–Kier alpha value is -2.02. The Morgan fingerprint density at radius 3 is 2.53 bits per heavy atom. The summed E-state index contributed by atoms with van der Waals surface area (Å²) in [7, 11) is 0. The van der Waals surface area contributed by atoms with Crippen molar-refractivity contribution in [3.63, 3.8) is 0 Å². The number of pyridine rings is 1. The van der Waals surface area contributed by atoms with E-state index in [1.807, 2.05) is 0 Å². The van der Waals surface area contributed by atoms with Crippen molar-refractivity contribution < 1.29 is 0 Å². The van der Waals surface area contributed by atoms with Crippen LogP contribution in [0.15, 0.2) is 42.7 Å². The van der Waals surface area contributed by atoms with Crippen molar-refractivity contribution in [2.75, 3.05) is 0 Å². The van der Waals surface area contributed by atoms with Crippen LogP contribution in [0.25, 0.3) is 11.3 Å². The quantitative estimate of drug-likeness (QED) is 0.857. The third kappa shape index (κ3) is 2.87. The zero-order chi connectivity index (χ0) is 13.8. The fourth-order valence-corrected chi connectivity index (χ4v) is 1.90. The molecule has 0 radical (unpaired) electrons. The molecule has 0 aliphatic carbocycles. The first-order valence-corrected chi connectivity index (χ1v) is 6.14. The summed E-state index contributed by atoms with van der Waals surface area (Å²) in [5.74, 6) is 0. The summed E-state index contributed by atoms with van der Waals surface area (Å²) >= 11 is 11.8. The highest BCUT2D eigenvalue weighted by Gasteiger charge is 2.09. The summed E-state index contributed by atoms with van der Waals surface area (Å²) < 4.78 is 0. The molecule has 94 valence electrons. The van der Waals surface area contributed by atoms with E-state index in [0.717, 1.165) is 0 Å². The van der Waals surface area contributed by atoms with Gasteiger partial charge in [-0.05, 0) is 18.2 Å². The predicted molar refractivity (Wildman–Crippen MR) is 77.3 cm³/mol. The van der Waals surface area contributed by atoms with Crippen molar-refractivity contribution in [3.05, 3.63) is 63.9 Å². The topological polar surface area (TPSA) is 62.7 Å². The molecule has 19 heavy (non-hydrogen) atoms. The second-order valence-electron chi connectivity index (χ2n) is 3.77. The van der Waals surface area contributed by atoms with Gasteiger partial charge in [0.15, 0.2) is 0 Å². The maximum absolute atomic E-state index is 9.26. The van der Waals surface area contributed by atoms with Crippen LogP contribution in [0, 0.1) is 11.3 Å². The lowest BCUT2D eigenvalue weighted by molar-refractivity contribution is 1.31. The van der Waals surface area contributed by atoms with Gasteiger partial charge in [0.05, 0.1) is 21.3 Å².